The van der Waals surface area contributed by atoms with E-state index in [9.17, 15) is 5.11 Å². The predicted octanol–water partition coefficient (Wildman–Crippen LogP) is 0.130. The smallest absolute Gasteiger partial charge is 0.173 e. The van der Waals surface area contributed by atoms with Gasteiger partial charge in [-0.3, -0.25) is 0 Å². The Morgan fingerprint density at radius 1 is 1.70 bits per heavy atom. The third-order valence-electron chi connectivity index (χ3n) is 2.68. The van der Waals surface area contributed by atoms with E-state index in [0.29, 0.717) is 6.61 Å². The Hall–Kier alpha value is -0.120. The van der Waals surface area contributed by atoms with Gasteiger partial charge in [-0.05, 0) is 6.42 Å². The highest BCUT2D eigenvalue weighted by Gasteiger charge is 2.56. The largest absolute Gasteiger partial charge is 0.390 e. The van der Waals surface area contributed by atoms with Gasteiger partial charge in [0.1, 0.15) is 0 Å². The molecule has 1 aliphatic carbocycles. The summed E-state index contributed by atoms with van der Waals surface area (Å²) >= 11 is 0. The first-order valence-electron chi connectivity index (χ1n) is 3.66. The lowest BCUT2D eigenvalue weighted by Crippen LogP contribution is -2.48. The fourth-order valence-corrected chi connectivity index (χ4v) is 1.87. The second kappa shape index (κ2) is 1.94. The van der Waals surface area contributed by atoms with Crippen LogP contribution in [0.15, 0.2) is 0 Å². The first kappa shape index (κ1) is 6.58. The number of hydrogen-bond donors (Lipinski definition) is 1. The van der Waals surface area contributed by atoms with Crippen molar-refractivity contribution in [2.75, 3.05) is 13.7 Å². The van der Waals surface area contributed by atoms with Crippen LogP contribution in [-0.4, -0.2) is 30.7 Å². The summed E-state index contributed by atoms with van der Waals surface area (Å²) in [4.78, 5) is 0. The Balaban J connectivity index is 2.12. The van der Waals surface area contributed by atoms with Crippen LogP contribution in [0.1, 0.15) is 12.8 Å². The SMILES string of the molecule is CO[C@@]12CC[C@@H]1[C@H](O)CO2. The molecule has 0 radical (unpaired) electrons. The molecule has 2 fully saturated rings. The van der Waals surface area contributed by atoms with Crippen molar-refractivity contribution in [3.05, 3.63) is 0 Å². The molecule has 3 nitrogen and oxygen atoms in total. The van der Waals surface area contributed by atoms with Crippen LogP contribution < -0.4 is 0 Å². The molecule has 0 amide bonds. The minimum atomic E-state index is -0.403. The third kappa shape index (κ3) is 0.603. The minimum Gasteiger partial charge on any atom is -0.390 e. The van der Waals surface area contributed by atoms with Gasteiger partial charge in [-0.2, -0.15) is 0 Å². The average Bonchev–Trinajstić information content (AvgIpc) is 2.06. The molecular formula is C7H12O3. The van der Waals surface area contributed by atoms with E-state index >= 15 is 0 Å². The Labute approximate surface area is 59.9 Å². The fourth-order valence-electron chi connectivity index (χ4n) is 1.87. The molecule has 1 heterocycles. The molecule has 1 saturated carbocycles. The van der Waals surface area contributed by atoms with E-state index in [1.165, 1.54) is 0 Å². The van der Waals surface area contributed by atoms with Crippen LogP contribution in [0.2, 0.25) is 0 Å². The summed E-state index contributed by atoms with van der Waals surface area (Å²) in [6, 6.07) is 0. The lowest BCUT2D eigenvalue weighted by molar-refractivity contribution is -0.261. The number of aliphatic hydroxyl groups excluding tert-OH is 1. The summed E-state index contributed by atoms with van der Waals surface area (Å²) in [6.45, 7) is 0.443. The number of fused-ring (bicyclic) bond motifs is 1. The normalized spacial score (nSPS) is 52.2. The van der Waals surface area contributed by atoms with Crippen molar-refractivity contribution in [3.63, 3.8) is 0 Å². The van der Waals surface area contributed by atoms with Crippen molar-refractivity contribution < 1.29 is 14.6 Å². The number of ether oxygens (including phenoxy) is 2. The second-order valence-electron chi connectivity index (χ2n) is 3.04. The van der Waals surface area contributed by atoms with Crippen LogP contribution in [0, 0.1) is 5.92 Å². The maximum atomic E-state index is 9.31. The topological polar surface area (TPSA) is 38.7 Å². The second-order valence-corrected chi connectivity index (χ2v) is 3.04. The quantitative estimate of drug-likeness (QED) is 0.568. The molecule has 2 aliphatic rings. The molecule has 0 aromatic heterocycles. The van der Waals surface area contributed by atoms with Crippen LogP contribution in [-0.2, 0) is 9.47 Å². The molecule has 0 aromatic carbocycles. The first-order valence-corrected chi connectivity index (χ1v) is 3.66. The Bertz CT molecular complexity index is 144. The number of hydrogen-bond acceptors (Lipinski definition) is 3. The molecular weight excluding hydrogens is 132 g/mol. The summed E-state index contributed by atoms with van der Waals surface area (Å²) in [5.74, 6) is -0.170. The molecule has 2 rings (SSSR count). The van der Waals surface area contributed by atoms with E-state index in [1.54, 1.807) is 7.11 Å². The monoisotopic (exact) mass is 144 g/mol. The minimum absolute atomic E-state index is 0.234. The molecule has 0 bridgehead atoms. The zero-order valence-corrected chi connectivity index (χ0v) is 6.04. The maximum absolute atomic E-state index is 9.31. The summed E-state index contributed by atoms with van der Waals surface area (Å²) in [5, 5.41) is 9.31. The van der Waals surface area contributed by atoms with E-state index in [0.717, 1.165) is 12.8 Å². The summed E-state index contributed by atoms with van der Waals surface area (Å²) in [7, 11) is 1.64. The van der Waals surface area contributed by atoms with Gasteiger partial charge < -0.3 is 14.6 Å². The predicted molar refractivity (Wildman–Crippen MR) is 34.4 cm³/mol. The molecule has 0 spiro atoms. The molecule has 0 unspecified atom stereocenters. The molecule has 0 aromatic rings. The van der Waals surface area contributed by atoms with Gasteiger partial charge in [0.25, 0.3) is 0 Å². The molecule has 3 atom stereocenters. The van der Waals surface area contributed by atoms with Crippen molar-refractivity contribution >= 4 is 0 Å². The Morgan fingerprint density at radius 3 is 2.80 bits per heavy atom. The zero-order valence-electron chi connectivity index (χ0n) is 6.04. The summed E-state index contributed by atoms with van der Waals surface area (Å²) in [5.41, 5.74) is 0. The Kier molecular flexibility index (Phi) is 1.27. The van der Waals surface area contributed by atoms with Crippen molar-refractivity contribution in [1.29, 1.82) is 0 Å². The van der Waals surface area contributed by atoms with E-state index in [1.807, 2.05) is 0 Å². The van der Waals surface area contributed by atoms with Crippen LogP contribution in [0.5, 0.6) is 0 Å². The van der Waals surface area contributed by atoms with Gasteiger partial charge >= 0.3 is 0 Å². The van der Waals surface area contributed by atoms with Crippen molar-refractivity contribution in [2.45, 2.75) is 24.7 Å². The van der Waals surface area contributed by atoms with E-state index in [-0.39, 0.29) is 12.0 Å². The van der Waals surface area contributed by atoms with Crippen molar-refractivity contribution in [2.24, 2.45) is 5.92 Å². The fraction of sp³-hybridized carbons (Fsp3) is 1.00. The highest BCUT2D eigenvalue weighted by atomic mass is 16.7. The van der Waals surface area contributed by atoms with E-state index in [2.05, 4.69) is 0 Å². The highest BCUT2D eigenvalue weighted by molar-refractivity contribution is 4.98. The maximum Gasteiger partial charge on any atom is 0.173 e. The molecule has 1 aliphatic heterocycles. The first-order chi connectivity index (χ1) is 4.78. The standard InChI is InChI=1S/C7H12O3/c1-9-7-3-2-5(7)6(8)4-10-7/h5-6,8H,2-4H2,1H3/t5-,6-,7-/m1/s1. The average molecular weight is 144 g/mol. The number of aliphatic hydroxyl groups is 1. The lowest BCUT2D eigenvalue weighted by Gasteiger charge is -2.42. The van der Waals surface area contributed by atoms with Gasteiger partial charge in [0.15, 0.2) is 5.79 Å². The van der Waals surface area contributed by atoms with E-state index in [4.69, 9.17) is 9.47 Å². The summed E-state index contributed by atoms with van der Waals surface area (Å²) in [6.07, 6.45) is 1.67. The third-order valence-corrected chi connectivity index (χ3v) is 2.68. The molecule has 58 valence electrons. The van der Waals surface area contributed by atoms with Crippen LogP contribution >= 0.6 is 0 Å². The van der Waals surface area contributed by atoms with Crippen LogP contribution in [0.25, 0.3) is 0 Å². The molecule has 1 N–H and O–H groups in total. The van der Waals surface area contributed by atoms with Gasteiger partial charge in [0, 0.05) is 19.4 Å². The van der Waals surface area contributed by atoms with Gasteiger partial charge in [0.2, 0.25) is 0 Å². The van der Waals surface area contributed by atoms with Crippen molar-refractivity contribution in [3.8, 4) is 0 Å². The molecule has 3 heteroatoms. The van der Waals surface area contributed by atoms with E-state index < -0.39 is 5.79 Å². The Morgan fingerprint density at radius 2 is 2.50 bits per heavy atom. The zero-order chi connectivity index (χ0) is 7.19. The van der Waals surface area contributed by atoms with Gasteiger partial charge in [0.05, 0.1) is 12.7 Å². The van der Waals surface area contributed by atoms with Crippen LogP contribution in [0.3, 0.4) is 0 Å². The number of methoxy groups -OCH3 is 1. The van der Waals surface area contributed by atoms with Crippen LogP contribution in [0.4, 0.5) is 0 Å². The van der Waals surface area contributed by atoms with Gasteiger partial charge in [-0.1, -0.05) is 0 Å². The summed E-state index contributed by atoms with van der Waals surface area (Å²) < 4.78 is 10.5. The highest BCUT2D eigenvalue weighted by Crippen LogP contribution is 2.48. The molecule has 1 saturated heterocycles. The molecule has 10 heavy (non-hydrogen) atoms. The lowest BCUT2D eigenvalue weighted by atomic mass is 9.77. The number of rotatable bonds is 1. The van der Waals surface area contributed by atoms with Crippen molar-refractivity contribution in [1.82, 2.24) is 0 Å². The van der Waals surface area contributed by atoms with Gasteiger partial charge in [-0.15, -0.1) is 0 Å². The van der Waals surface area contributed by atoms with Gasteiger partial charge in [-0.25, -0.2) is 0 Å².